The van der Waals surface area contributed by atoms with Crippen molar-refractivity contribution < 1.29 is 9.21 Å². The molecule has 7 nitrogen and oxygen atoms in total. The van der Waals surface area contributed by atoms with Crippen LogP contribution in [0.25, 0.3) is 0 Å². The Balaban J connectivity index is 1.79. The van der Waals surface area contributed by atoms with Crippen molar-refractivity contribution in [3.05, 3.63) is 45.8 Å². The zero-order chi connectivity index (χ0) is 16.6. The van der Waals surface area contributed by atoms with Crippen LogP contribution in [0.2, 0.25) is 0 Å². The highest BCUT2D eigenvalue weighted by molar-refractivity contribution is 5.95. The largest absolute Gasteiger partial charge is 0.469 e. The third kappa shape index (κ3) is 2.99. The summed E-state index contributed by atoms with van der Waals surface area (Å²) in [6, 6.07) is 3.22. The average Bonchev–Trinajstić information content (AvgIpc) is 3.14. The standard InChI is InChI=1S/C16H20N4O3/c1-10-12(5-7-23-10)15(22)20-6-4-11(9-20)13-8-14(21)18-16(17-13)19(2)3/h5,7-8,11H,4,6,9H2,1-3H3,(H,17,18,21). The van der Waals surface area contributed by atoms with Crippen molar-refractivity contribution in [2.75, 3.05) is 32.1 Å². The van der Waals surface area contributed by atoms with Crippen LogP contribution in [-0.4, -0.2) is 48.0 Å². The van der Waals surface area contributed by atoms with E-state index in [2.05, 4.69) is 9.97 Å². The van der Waals surface area contributed by atoms with Gasteiger partial charge in [0.15, 0.2) is 0 Å². The summed E-state index contributed by atoms with van der Waals surface area (Å²) >= 11 is 0. The molecular weight excluding hydrogens is 296 g/mol. The molecule has 3 rings (SSSR count). The fourth-order valence-corrected chi connectivity index (χ4v) is 2.85. The molecular formula is C16H20N4O3. The van der Waals surface area contributed by atoms with Crippen LogP contribution in [-0.2, 0) is 0 Å². The summed E-state index contributed by atoms with van der Waals surface area (Å²) in [4.78, 5) is 35.1. The van der Waals surface area contributed by atoms with E-state index in [1.54, 1.807) is 22.8 Å². The van der Waals surface area contributed by atoms with Crippen LogP contribution in [0, 0.1) is 6.92 Å². The van der Waals surface area contributed by atoms with E-state index >= 15 is 0 Å². The van der Waals surface area contributed by atoms with E-state index < -0.39 is 0 Å². The van der Waals surface area contributed by atoms with Gasteiger partial charge in [0.1, 0.15) is 5.76 Å². The maximum Gasteiger partial charge on any atom is 0.257 e. The Labute approximate surface area is 133 Å². The molecule has 1 fully saturated rings. The molecule has 0 spiro atoms. The lowest BCUT2D eigenvalue weighted by molar-refractivity contribution is 0.0789. The number of likely N-dealkylation sites (tertiary alicyclic amines) is 1. The minimum atomic E-state index is -0.172. The van der Waals surface area contributed by atoms with E-state index in [1.807, 2.05) is 14.1 Å². The zero-order valence-electron chi connectivity index (χ0n) is 13.5. The van der Waals surface area contributed by atoms with Crippen molar-refractivity contribution in [1.29, 1.82) is 0 Å². The monoisotopic (exact) mass is 316 g/mol. The first-order valence-electron chi connectivity index (χ1n) is 7.57. The van der Waals surface area contributed by atoms with Gasteiger partial charge in [0, 0.05) is 39.2 Å². The Kier molecular flexibility index (Phi) is 3.94. The van der Waals surface area contributed by atoms with E-state index in [0.29, 0.717) is 30.4 Å². The van der Waals surface area contributed by atoms with Crippen LogP contribution in [0.4, 0.5) is 5.95 Å². The number of anilines is 1. The summed E-state index contributed by atoms with van der Waals surface area (Å²) in [5.74, 6) is 1.20. The molecule has 1 amide bonds. The van der Waals surface area contributed by atoms with Crippen molar-refractivity contribution >= 4 is 11.9 Å². The van der Waals surface area contributed by atoms with E-state index in [9.17, 15) is 9.59 Å². The van der Waals surface area contributed by atoms with Gasteiger partial charge in [-0.15, -0.1) is 0 Å². The first kappa shape index (κ1) is 15.3. The van der Waals surface area contributed by atoms with E-state index in [-0.39, 0.29) is 17.4 Å². The van der Waals surface area contributed by atoms with Gasteiger partial charge in [0.05, 0.1) is 17.5 Å². The first-order chi connectivity index (χ1) is 11.0. The third-order valence-electron chi connectivity index (χ3n) is 4.16. The molecule has 2 aromatic heterocycles. The van der Waals surface area contributed by atoms with Crippen LogP contribution in [0.1, 0.15) is 34.2 Å². The number of nitrogens with zero attached hydrogens (tertiary/aromatic N) is 3. The zero-order valence-corrected chi connectivity index (χ0v) is 13.5. The number of aryl methyl sites for hydroxylation is 1. The second-order valence-corrected chi connectivity index (χ2v) is 6.02. The number of hydrogen-bond donors (Lipinski definition) is 1. The number of nitrogens with one attached hydrogen (secondary N) is 1. The van der Waals surface area contributed by atoms with Gasteiger partial charge >= 0.3 is 0 Å². The van der Waals surface area contributed by atoms with Crippen molar-refractivity contribution in [3.63, 3.8) is 0 Å². The molecule has 7 heteroatoms. The molecule has 0 saturated carbocycles. The van der Waals surface area contributed by atoms with Gasteiger partial charge in [-0.3, -0.25) is 14.6 Å². The summed E-state index contributed by atoms with van der Waals surface area (Å²) in [6.45, 7) is 3.00. The minimum absolute atomic E-state index is 0.0311. The normalized spacial score (nSPS) is 17.5. The molecule has 3 heterocycles. The lowest BCUT2D eigenvalue weighted by Gasteiger charge is -2.17. The molecule has 1 unspecified atom stereocenters. The molecule has 1 aliphatic heterocycles. The Morgan fingerprint density at radius 3 is 2.91 bits per heavy atom. The maximum atomic E-state index is 12.5. The number of carbonyl (C=O) groups is 1. The number of amides is 1. The minimum Gasteiger partial charge on any atom is -0.469 e. The Morgan fingerprint density at radius 2 is 2.26 bits per heavy atom. The van der Waals surface area contributed by atoms with Gasteiger partial charge in [-0.25, -0.2) is 4.98 Å². The summed E-state index contributed by atoms with van der Waals surface area (Å²) < 4.78 is 5.20. The smallest absolute Gasteiger partial charge is 0.257 e. The molecule has 23 heavy (non-hydrogen) atoms. The number of aromatic amines is 1. The van der Waals surface area contributed by atoms with Gasteiger partial charge in [-0.2, -0.15) is 0 Å². The maximum absolute atomic E-state index is 12.5. The topological polar surface area (TPSA) is 82.4 Å². The molecule has 0 bridgehead atoms. The summed E-state index contributed by atoms with van der Waals surface area (Å²) in [7, 11) is 3.66. The third-order valence-corrected chi connectivity index (χ3v) is 4.16. The molecule has 1 saturated heterocycles. The Morgan fingerprint density at radius 1 is 1.48 bits per heavy atom. The summed E-state index contributed by atoms with van der Waals surface area (Å²) in [6.07, 6.45) is 2.32. The molecule has 1 N–H and O–H groups in total. The van der Waals surface area contributed by atoms with Crippen LogP contribution in [0.5, 0.6) is 0 Å². The summed E-state index contributed by atoms with van der Waals surface area (Å²) in [5.41, 5.74) is 1.16. The van der Waals surface area contributed by atoms with Crippen LogP contribution in [0.3, 0.4) is 0 Å². The van der Waals surface area contributed by atoms with Crippen molar-refractivity contribution in [3.8, 4) is 0 Å². The second kappa shape index (κ2) is 5.91. The van der Waals surface area contributed by atoms with Crippen LogP contribution >= 0.6 is 0 Å². The van der Waals surface area contributed by atoms with Gasteiger partial charge in [0.2, 0.25) is 5.95 Å². The quantitative estimate of drug-likeness (QED) is 0.924. The lowest BCUT2D eigenvalue weighted by atomic mass is 10.0. The number of aromatic nitrogens is 2. The van der Waals surface area contributed by atoms with Crippen LogP contribution < -0.4 is 10.5 Å². The van der Waals surface area contributed by atoms with Crippen molar-refractivity contribution in [2.45, 2.75) is 19.3 Å². The SMILES string of the molecule is Cc1occc1C(=O)N1CCC(c2cc(=O)[nH]c(N(C)C)n2)C1. The van der Waals surface area contributed by atoms with E-state index in [0.717, 1.165) is 12.1 Å². The number of H-pyrrole nitrogens is 1. The van der Waals surface area contributed by atoms with Gasteiger partial charge in [-0.1, -0.05) is 0 Å². The highest BCUT2D eigenvalue weighted by Crippen LogP contribution is 2.27. The lowest BCUT2D eigenvalue weighted by Crippen LogP contribution is -2.29. The number of hydrogen-bond acceptors (Lipinski definition) is 5. The molecule has 0 aliphatic carbocycles. The van der Waals surface area contributed by atoms with Gasteiger partial charge in [0.25, 0.3) is 11.5 Å². The average molecular weight is 316 g/mol. The second-order valence-electron chi connectivity index (χ2n) is 6.02. The molecule has 2 aromatic rings. The summed E-state index contributed by atoms with van der Waals surface area (Å²) in [5, 5.41) is 0. The van der Waals surface area contributed by atoms with E-state index in [1.165, 1.54) is 12.3 Å². The predicted octanol–water partition coefficient (Wildman–Crippen LogP) is 1.37. The molecule has 1 aliphatic rings. The Hall–Kier alpha value is -2.57. The fraction of sp³-hybridized carbons (Fsp3) is 0.438. The van der Waals surface area contributed by atoms with Crippen LogP contribution in [0.15, 0.2) is 27.6 Å². The Bertz CT molecular complexity index is 778. The molecule has 122 valence electrons. The number of rotatable bonds is 3. The fourth-order valence-electron chi connectivity index (χ4n) is 2.85. The number of furan rings is 1. The van der Waals surface area contributed by atoms with Crippen molar-refractivity contribution in [2.24, 2.45) is 0 Å². The molecule has 0 aromatic carbocycles. The first-order valence-corrected chi connectivity index (χ1v) is 7.57. The highest BCUT2D eigenvalue weighted by Gasteiger charge is 2.30. The van der Waals surface area contributed by atoms with Crippen molar-refractivity contribution in [1.82, 2.24) is 14.9 Å². The predicted molar refractivity (Wildman–Crippen MR) is 85.9 cm³/mol. The van der Waals surface area contributed by atoms with E-state index in [4.69, 9.17) is 4.42 Å². The number of carbonyl (C=O) groups excluding carboxylic acids is 1. The van der Waals surface area contributed by atoms with Gasteiger partial charge in [-0.05, 0) is 19.4 Å². The highest BCUT2D eigenvalue weighted by atomic mass is 16.3. The van der Waals surface area contributed by atoms with Gasteiger partial charge < -0.3 is 14.2 Å². The molecule has 1 atom stereocenters. The molecule has 0 radical (unpaired) electrons.